The summed E-state index contributed by atoms with van der Waals surface area (Å²) in [4.78, 5) is 0. The normalized spacial score (nSPS) is 12.0. The smallest absolute Gasteiger partial charge is 0.213 e. The third kappa shape index (κ3) is 8.79. The molecule has 0 aromatic heterocycles. The molecule has 0 aliphatic rings. The Bertz CT molecular complexity index is 70.7. The highest BCUT2D eigenvalue weighted by Gasteiger charge is 2.18. The van der Waals surface area contributed by atoms with Crippen molar-refractivity contribution in [2.75, 3.05) is 19.8 Å². The average molecular weight is 193 g/mol. The van der Waals surface area contributed by atoms with E-state index in [-0.39, 0.29) is 19.8 Å². The highest BCUT2D eigenvalue weighted by Crippen LogP contribution is 2.25. The largest absolute Gasteiger partial charge is 0.394 e. The second-order valence-electron chi connectivity index (χ2n) is 1.39. The van der Waals surface area contributed by atoms with E-state index in [1.807, 2.05) is 0 Å². The van der Waals surface area contributed by atoms with E-state index in [1.165, 1.54) is 0 Å². The van der Waals surface area contributed by atoms with Crippen LogP contribution in [0.15, 0.2) is 0 Å². The van der Waals surface area contributed by atoms with Gasteiger partial charge in [0.2, 0.25) is 3.79 Å². The standard InChI is InChI=1S/C4H7Cl3O2/c5-4(6,7)3-9-2-1-8/h8H,1-3H2. The Kier molecular flexibility index (Phi) is 4.98. The van der Waals surface area contributed by atoms with Gasteiger partial charge in [0.1, 0.15) is 0 Å². The molecule has 0 aromatic rings. The molecule has 5 heteroatoms. The van der Waals surface area contributed by atoms with Crippen LogP contribution >= 0.6 is 34.8 Å². The van der Waals surface area contributed by atoms with Gasteiger partial charge in [-0.25, -0.2) is 0 Å². The van der Waals surface area contributed by atoms with Gasteiger partial charge in [-0.05, 0) is 0 Å². The van der Waals surface area contributed by atoms with Crippen LogP contribution in [0.2, 0.25) is 0 Å². The summed E-state index contributed by atoms with van der Waals surface area (Å²) >= 11 is 15.9. The summed E-state index contributed by atoms with van der Waals surface area (Å²) in [6.07, 6.45) is 0. The molecule has 0 rings (SSSR count). The minimum Gasteiger partial charge on any atom is -0.394 e. The van der Waals surface area contributed by atoms with Crippen LogP contribution in [0.4, 0.5) is 0 Å². The molecular formula is C4H7Cl3O2. The molecule has 0 aromatic carbocycles. The molecule has 0 aliphatic heterocycles. The first-order valence-corrected chi connectivity index (χ1v) is 3.45. The lowest BCUT2D eigenvalue weighted by molar-refractivity contribution is 0.0958. The Morgan fingerprint density at radius 3 is 2.22 bits per heavy atom. The second-order valence-corrected chi connectivity index (χ2v) is 3.91. The molecule has 0 spiro atoms. The van der Waals surface area contributed by atoms with Crippen molar-refractivity contribution in [1.82, 2.24) is 0 Å². The first-order valence-electron chi connectivity index (χ1n) is 2.31. The Labute approximate surface area is 68.7 Å². The molecule has 56 valence electrons. The summed E-state index contributed by atoms with van der Waals surface area (Å²) in [7, 11) is 0. The van der Waals surface area contributed by atoms with Crippen LogP contribution in [0, 0.1) is 0 Å². The van der Waals surface area contributed by atoms with Gasteiger partial charge in [0.05, 0.1) is 19.8 Å². The summed E-state index contributed by atoms with van der Waals surface area (Å²) in [6, 6.07) is 0. The minimum atomic E-state index is -1.37. The van der Waals surface area contributed by atoms with Gasteiger partial charge < -0.3 is 9.84 Å². The van der Waals surface area contributed by atoms with E-state index in [0.29, 0.717) is 0 Å². The predicted molar refractivity (Wildman–Crippen MR) is 38.2 cm³/mol. The first kappa shape index (κ1) is 9.79. The van der Waals surface area contributed by atoms with Gasteiger partial charge >= 0.3 is 0 Å². The molecule has 0 aliphatic carbocycles. The van der Waals surface area contributed by atoms with Gasteiger partial charge in [-0.3, -0.25) is 0 Å². The van der Waals surface area contributed by atoms with E-state index < -0.39 is 3.79 Å². The lowest BCUT2D eigenvalue weighted by Gasteiger charge is -2.09. The van der Waals surface area contributed by atoms with Gasteiger partial charge in [-0.15, -0.1) is 0 Å². The summed E-state index contributed by atoms with van der Waals surface area (Å²) in [5.74, 6) is 0. The number of ether oxygens (including phenoxy) is 1. The number of hydrogen-bond acceptors (Lipinski definition) is 2. The lowest BCUT2D eigenvalue weighted by atomic mass is 10.7. The van der Waals surface area contributed by atoms with Crippen LogP contribution < -0.4 is 0 Å². The predicted octanol–water partition coefficient (Wildman–Crippen LogP) is 1.37. The fourth-order valence-electron chi connectivity index (χ4n) is 0.252. The first-order chi connectivity index (χ1) is 4.06. The van der Waals surface area contributed by atoms with Crippen molar-refractivity contribution in [1.29, 1.82) is 0 Å². The fraction of sp³-hybridized carbons (Fsp3) is 1.00. The van der Waals surface area contributed by atoms with E-state index >= 15 is 0 Å². The molecular weight excluding hydrogens is 186 g/mol. The maximum atomic E-state index is 8.21. The van der Waals surface area contributed by atoms with Crippen molar-refractivity contribution < 1.29 is 9.84 Å². The molecule has 0 saturated carbocycles. The summed E-state index contributed by atoms with van der Waals surface area (Å²) in [5, 5.41) is 8.21. The van der Waals surface area contributed by atoms with Gasteiger partial charge in [0.15, 0.2) is 0 Å². The monoisotopic (exact) mass is 192 g/mol. The van der Waals surface area contributed by atoms with Crippen LogP contribution in [0.3, 0.4) is 0 Å². The van der Waals surface area contributed by atoms with Crippen molar-refractivity contribution in [2.45, 2.75) is 3.79 Å². The van der Waals surface area contributed by atoms with Crippen LogP contribution in [0.5, 0.6) is 0 Å². The molecule has 0 unspecified atom stereocenters. The van der Waals surface area contributed by atoms with E-state index in [2.05, 4.69) is 0 Å². The number of hydrogen-bond donors (Lipinski definition) is 1. The summed E-state index contributed by atoms with van der Waals surface area (Å²) in [5.41, 5.74) is 0. The Hall–Kier alpha value is 0.790. The molecule has 0 saturated heterocycles. The zero-order valence-electron chi connectivity index (χ0n) is 4.61. The van der Waals surface area contributed by atoms with Gasteiger partial charge in [-0.1, -0.05) is 34.8 Å². The molecule has 0 heterocycles. The Balaban J connectivity index is 3.07. The van der Waals surface area contributed by atoms with Gasteiger partial charge in [0.25, 0.3) is 0 Å². The summed E-state index contributed by atoms with van der Waals surface area (Å²) in [6.45, 7) is 0.160. The Morgan fingerprint density at radius 1 is 1.33 bits per heavy atom. The van der Waals surface area contributed by atoms with Gasteiger partial charge in [-0.2, -0.15) is 0 Å². The molecule has 9 heavy (non-hydrogen) atoms. The second kappa shape index (κ2) is 4.58. The van der Waals surface area contributed by atoms with E-state index in [1.54, 1.807) is 0 Å². The SMILES string of the molecule is OCCOCC(Cl)(Cl)Cl. The van der Waals surface area contributed by atoms with Crippen molar-refractivity contribution in [3.63, 3.8) is 0 Å². The minimum absolute atomic E-state index is 0.0121. The average Bonchev–Trinajstić information content (AvgIpc) is 1.63. The van der Waals surface area contributed by atoms with Crippen molar-refractivity contribution in [3.05, 3.63) is 0 Å². The zero-order valence-corrected chi connectivity index (χ0v) is 6.88. The molecule has 0 radical (unpaired) electrons. The topological polar surface area (TPSA) is 29.5 Å². The number of halogens is 3. The number of alkyl halides is 3. The van der Waals surface area contributed by atoms with Crippen LogP contribution in [-0.2, 0) is 4.74 Å². The number of aliphatic hydroxyl groups excluding tert-OH is 1. The van der Waals surface area contributed by atoms with Crippen molar-refractivity contribution in [2.24, 2.45) is 0 Å². The van der Waals surface area contributed by atoms with Crippen LogP contribution in [-0.4, -0.2) is 28.7 Å². The van der Waals surface area contributed by atoms with E-state index in [0.717, 1.165) is 0 Å². The molecule has 0 fully saturated rings. The maximum absolute atomic E-state index is 8.21. The van der Waals surface area contributed by atoms with Crippen molar-refractivity contribution in [3.8, 4) is 0 Å². The fourth-order valence-corrected chi connectivity index (χ4v) is 0.484. The number of rotatable bonds is 3. The van der Waals surface area contributed by atoms with E-state index in [9.17, 15) is 0 Å². The van der Waals surface area contributed by atoms with Gasteiger partial charge in [0, 0.05) is 0 Å². The molecule has 2 nitrogen and oxygen atoms in total. The van der Waals surface area contributed by atoms with E-state index in [4.69, 9.17) is 44.6 Å². The third-order valence-corrected chi connectivity index (χ3v) is 0.829. The molecule has 0 atom stereocenters. The number of aliphatic hydroxyl groups is 1. The maximum Gasteiger partial charge on any atom is 0.213 e. The molecule has 0 bridgehead atoms. The third-order valence-electron chi connectivity index (χ3n) is 0.501. The highest BCUT2D eigenvalue weighted by atomic mass is 35.6. The van der Waals surface area contributed by atoms with Crippen LogP contribution in [0.1, 0.15) is 0 Å². The van der Waals surface area contributed by atoms with Crippen molar-refractivity contribution >= 4 is 34.8 Å². The summed E-state index contributed by atoms with van der Waals surface area (Å²) < 4.78 is 3.34. The Morgan fingerprint density at radius 2 is 1.89 bits per heavy atom. The van der Waals surface area contributed by atoms with Crippen LogP contribution in [0.25, 0.3) is 0 Å². The molecule has 1 N–H and O–H groups in total. The zero-order chi connectivity index (χ0) is 7.33. The lowest BCUT2D eigenvalue weighted by Crippen LogP contribution is -2.14. The molecule has 0 amide bonds. The highest BCUT2D eigenvalue weighted by molar-refractivity contribution is 6.67. The quantitative estimate of drug-likeness (QED) is 0.542.